The first-order valence-corrected chi connectivity index (χ1v) is 7.65. The minimum absolute atomic E-state index is 0.0208. The number of carbonyl (C=O) groups excluding carboxylic acids is 1. The van der Waals surface area contributed by atoms with Crippen molar-refractivity contribution in [3.63, 3.8) is 0 Å². The molecule has 0 saturated carbocycles. The number of hydrogen-bond donors (Lipinski definition) is 0. The van der Waals surface area contributed by atoms with E-state index in [0.29, 0.717) is 17.6 Å². The quantitative estimate of drug-likeness (QED) is 0.844. The lowest BCUT2D eigenvalue weighted by Gasteiger charge is -2.43. The van der Waals surface area contributed by atoms with Gasteiger partial charge in [0.1, 0.15) is 0 Å². The van der Waals surface area contributed by atoms with E-state index in [1.165, 1.54) is 10.6 Å². The van der Waals surface area contributed by atoms with Crippen LogP contribution in [-0.4, -0.2) is 52.0 Å². The minimum atomic E-state index is -0.0948. The van der Waals surface area contributed by atoms with Gasteiger partial charge in [0.25, 0.3) is 5.91 Å². The van der Waals surface area contributed by atoms with Crippen LogP contribution in [0.25, 0.3) is 0 Å². The minimum Gasteiger partial charge on any atom is -0.336 e. The zero-order valence-electron chi connectivity index (χ0n) is 13.4. The highest BCUT2D eigenvalue weighted by atomic mass is 16.2. The summed E-state index contributed by atoms with van der Waals surface area (Å²) in [7, 11) is 1.67. The van der Waals surface area contributed by atoms with Crippen LogP contribution in [0.4, 0.5) is 0 Å². The van der Waals surface area contributed by atoms with Gasteiger partial charge >= 0.3 is 0 Å². The fourth-order valence-electron chi connectivity index (χ4n) is 3.00. The Bertz CT molecular complexity index is 565. The lowest BCUT2D eigenvalue weighted by Crippen LogP contribution is -2.56. The highest BCUT2D eigenvalue weighted by Gasteiger charge is 2.30. The summed E-state index contributed by atoms with van der Waals surface area (Å²) >= 11 is 0. The molecular formula is C16H25N3O2. The van der Waals surface area contributed by atoms with E-state index in [1.807, 2.05) is 4.90 Å². The molecule has 5 heteroatoms. The topological polar surface area (TPSA) is 45.6 Å². The third-order valence-corrected chi connectivity index (χ3v) is 4.28. The molecule has 0 spiro atoms. The van der Waals surface area contributed by atoms with Gasteiger partial charge < -0.3 is 9.47 Å². The van der Waals surface area contributed by atoms with Crippen LogP contribution in [0.15, 0.2) is 23.1 Å². The first kappa shape index (κ1) is 15.8. The van der Waals surface area contributed by atoms with E-state index in [2.05, 4.69) is 25.7 Å². The summed E-state index contributed by atoms with van der Waals surface area (Å²) in [5.74, 6) is 0.0208. The lowest BCUT2D eigenvalue weighted by atomic mass is 10.1. The van der Waals surface area contributed by atoms with Crippen molar-refractivity contribution in [3.8, 4) is 0 Å². The van der Waals surface area contributed by atoms with Crippen LogP contribution in [0, 0.1) is 0 Å². The molecule has 0 radical (unpaired) electrons. The number of piperazine rings is 1. The molecule has 1 aliphatic heterocycles. The number of hydrogen-bond acceptors (Lipinski definition) is 3. The molecular weight excluding hydrogens is 266 g/mol. The van der Waals surface area contributed by atoms with Gasteiger partial charge in [-0.25, -0.2) is 0 Å². The van der Waals surface area contributed by atoms with Gasteiger partial charge in [-0.15, -0.1) is 0 Å². The third-order valence-electron chi connectivity index (χ3n) is 4.28. The second kappa shape index (κ2) is 6.43. The second-order valence-corrected chi connectivity index (χ2v) is 6.01. The number of nitrogens with zero attached hydrogens (tertiary/aromatic N) is 3. The molecule has 1 amide bonds. The Balaban J connectivity index is 2.13. The number of aryl methyl sites for hydroxylation is 1. The van der Waals surface area contributed by atoms with Crippen LogP contribution < -0.4 is 5.56 Å². The van der Waals surface area contributed by atoms with Crippen molar-refractivity contribution >= 4 is 5.91 Å². The van der Waals surface area contributed by atoms with E-state index in [1.54, 1.807) is 19.3 Å². The molecule has 1 aliphatic rings. The third kappa shape index (κ3) is 3.35. The summed E-state index contributed by atoms with van der Waals surface area (Å²) < 4.78 is 1.45. The Kier molecular flexibility index (Phi) is 4.83. The molecule has 1 aromatic rings. The van der Waals surface area contributed by atoms with Gasteiger partial charge in [-0.05, 0) is 26.3 Å². The maximum atomic E-state index is 12.6. The van der Waals surface area contributed by atoms with E-state index in [-0.39, 0.29) is 11.5 Å². The van der Waals surface area contributed by atoms with Crippen LogP contribution >= 0.6 is 0 Å². The molecule has 1 atom stereocenters. The van der Waals surface area contributed by atoms with Gasteiger partial charge in [-0.1, -0.05) is 6.92 Å². The predicted molar refractivity (Wildman–Crippen MR) is 83.5 cm³/mol. The van der Waals surface area contributed by atoms with Crippen LogP contribution in [-0.2, 0) is 7.05 Å². The Morgan fingerprint density at radius 1 is 1.33 bits per heavy atom. The molecule has 0 unspecified atom stereocenters. The van der Waals surface area contributed by atoms with E-state index < -0.39 is 0 Å². The smallest absolute Gasteiger partial charge is 0.255 e. The van der Waals surface area contributed by atoms with Crippen LogP contribution in [0.3, 0.4) is 0 Å². The summed E-state index contributed by atoms with van der Waals surface area (Å²) in [6, 6.07) is 4.00. The molecule has 1 fully saturated rings. The van der Waals surface area contributed by atoms with Crippen molar-refractivity contribution in [1.29, 1.82) is 0 Å². The van der Waals surface area contributed by atoms with Gasteiger partial charge in [-0.3, -0.25) is 14.5 Å². The first-order valence-electron chi connectivity index (χ1n) is 7.65. The average molecular weight is 291 g/mol. The van der Waals surface area contributed by atoms with Crippen molar-refractivity contribution in [2.24, 2.45) is 7.05 Å². The van der Waals surface area contributed by atoms with Gasteiger partial charge in [0, 0.05) is 51.0 Å². The van der Waals surface area contributed by atoms with Crippen molar-refractivity contribution in [2.45, 2.75) is 39.3 Å². The van der Waals surface area contributed by atoms with Crippen molar-refractivity contribution < 1.29 is 4.79 Å². The van der Waals surface area contributed by atoms with Crippen LogP contribution in [0.1, 0.15) is 37.6 Å². The summed E-state index contributed by atoms with van der Waals surface area (Å²) in [5.41, 5.74) is 0.493. The molecule has 1 aromatic heterocycles. The largest absolute Gasteiger partial charge is 0.336 e. The maximum absolute atomic E-state index is 12.6. The molecule has 5 nitrogen and oxygen atoms in total. The van der Waals surface area contributed by atoms with Gasteiger partial charge in [0.05, 0.1) is 5.56 Å². The fraction of sp³-hybridized carbons (Fsp3) is 0.625. The first-order chi connectivity index (χ1) is 9.93. The Labute approximate surface area is 126 Å². The molecule has 0 N–H and O–H groups in total. The van der Waals surface area contributed by atoms with Crippen molar-refractivity contribution in [3.05, 3.63) is 34.2 Å². The van der Waals surface area contributed by atoms with Crippen LogP contribution in [0.5, 0.6) is 0 Å². The Morgan fingerprint density at radius 2 is 2.05 bits per heavy atom. The standard InChI is InChI=1S/C16H25N3O2/c1-5-14-11-18(8-9-19(14)12(2)3)16(21)13-6-7-15(20)17(4)10-13/h6-7,10,12,14H,5,8-9,11H2,1-4H3/t14-/m1/s1. The van der Waals surface area contributed by atoms with Crippen molar-refractivity contribution in [2.75, 3.05) is 19.6 Å². The summed E-state index contributed by atoms with van der Waals surface area (Å²) in [5, 5.41) is 0. The van der Waals surface area contributed by atoms with E-state index in [4.69, 9.17) is 0 Å². The molecule has 21 heavy (non-hydrogen) atoms. The highest BCUT2D eigenvalue weighted by molar-refractivity contribution is 5.94. The average Bonchev–Trinajstić information content (AvgIpc) is 2.48. The van der Waals surface area contributed by atoms with E-state index in [9.17, 15) is 9.59 Å². The van der Waals surface area contributed by atoms with Gasteiger partial charge in [0.2, 0.25) is 5.56 Å². The molecule has 116 valence electrons. The number of amides is 1. The van der Waals surface area contributed by atoms with Crippen molar-refractivity contribution in [1.82, 2.24) is 14.4 Å². The predicted octanol–water partition coefficient (Wildman–Crippen LogP) is 1.33. The monoisotopic (exact) mass is 291 g/mol. The van der Waals surface area contributed by atoms with Gasteiger partial charge in [-0.2, -0.15) is 0 Å². The molecule has 0 bridgehead atoms. The molecule has 0 aromatic carbocycles. The number of pyridine rings is 1. The lowest BCUT2D eigenvalue weighted by molar-refractivity contribution is 0.0371. The number of carbonyl (C=O) groups is 1. The molecule has 2 heterocycles. The van der Waals surface area contributed by atoms with E-state index >= 15 is 0 Å². The number of rotatable bonds is 3. The van der Waals surface area contributed by atoms with Gasteiger partial charge in [0.15, 0.2) is 0 Å². The zero-order valence-corrected chi connectivity index (χ0v) is 13.4. The summed E-state index contributed by atoms with van der Waals surface area (Å²) in [4.78, 5) is 28.4. The Hall–Kier alpha value is -1.62. The van der Waals surface area contributed by atoms with Crippen LogP contribution in [0.2, 0.25) is 0 Å². The normalized spacial score (nSPS) is 20.0. The number of aromatic nitrogens is 1. The molecule has 1 saturated heterocycles. The molecule has 2 rings (SSSR count). The summed E-state index contributed by atoms with van der Waals surface area (Å²) in [6.45, 7) is 8.99. The highest BCUT2D eigenvalue weighted by Crippen LogP contribution is 2.17. The Morgan fingerprint density at radius 3 is 2.62 bits per heavy atom. The maximum Gasteiger partial charge on any atom is 0.255 e. The van der Waals surface area contributed by atoms with E-state index in [0.717, 1.165) is 26.1 Å². The fourth-order valence-corrected chi connectivity index (χ4v) is 3.00. The summed E-state index contributed by atoms with van der Waals surface area (Å²) in [6.07, 6.45) is 2.66. The SMILES string of the molecule is CC[C@@H]1CN(C(=O)c2ccc(=O)n(C)c2)CCN1C(C)C. The molecule has 0 aliphatic carbocycles. The second-order valence-electron chi connectivity index (χ2n) is 6.01. The zero-order chi connectivity index (χ0) is 15.6.